The molecule has 1 fully saturated rings. The molecule has 6 heteroatoms. The van der Waals surface area contributed by atoms with Crippen molar-refractivity contribution < 1.29 is 4.79 Å². The van der Waals surface area contributed by atoms with Crippen LogP contribution in [-0.4, -0.2) is 39.7 Å². The topological polar surface area (TPSA) is 67.2 Å². The number of piperidine rings is 1. The number of nitrogens with zero attached hydrogens (tertiary/aromatic N) is 3. The molecule has 0 aliphatic carbocycles. The third-order valence-electron chi connectivity index (χ3n) is 5.48. The van der Waals surface area contributed by atoms with Crippen LogP contribution in [0.3, 0.4) is 0 Å². The minimum absolute atomic E-state index is 0.0483. The number of carbonyl (C=O) groups is 1. The van der Waals surface area contributed by atoms with Crippen LogP contribution >= 0.6 is 0 Å². The van der Waals surface area contributed by atoms with Crippen LogP contribution in [0.15, 0.2) is 59.4 Å². The molecule has 150 valence electrons. The van der Waals surface area contributed by atoms with Crippen molar-refractivity contribution >= 4 is 16.7 Å². The Labute approximate surface area is 170 Å². The lowest BCUT2D eigenvalue weighted by Crippen LogP contribution is -2.47. The summed E-state index contributed by atoms with van der Waals surface area (Å²) in [6.07, 6.45) is 2.22. The standard InChI is InChI=1S/C23H26N4O2/c1-26-23(29)20-12-6-5-11-19(20)21(25-26)14-22(28)24-18-10-7-13-27(16-18)15-17-8-3-2-4-9-17/h2-6,8-9,11-12,18H,7,10,13-16H2,1H3,(H,24,28). The van der Waals surface area contributed by atoms with Gasteiger partial charge in [-0.3, -0.25) is 14.5 Å². The molecular weight excluding hydrogens is 364 g/mol. The maximum absolute atomic E-state index is 12.7. The van der Waals surface area contributed by atoms with Gasteiger partial charge in [0.05, 0.1) is 17.5 Å². The minimum Gasteiger partial charge on any atom is -0.352 e. The molecule has 1 aliphatic heterocycles. The zero-order valence-corrected chi connectivity index (χ0v) is 16.7. The number of carbonyl (C=O) groups excluding carboxylic acids is 1. The second-order valence-corrected chi connectivity index (χ2v) is 7.73. The van der Waals surface area contributed by atoms with Crippen molar-refractivity contribution in [3.63, 3.8) is 0 Å². The highest BCUT2D eigenvalue weighted by molar-refractivity contribution is 5.88. The summed E-state index contributed by atoms with van der Waals surface area (Å²) >= 11 is 0. The van der Waals surface area contributed by atoms with Gasteiger partial charge in [-0.25, -0.2) is 4.68 Å². The van der Waals surface area contributed by atoms with Gasteiger partial charge in [0.1, 0.15) is 0 Å². The predicted octanol–water partition coefficient (Wildman–Crippen LogP) is 2.26. The summed E-state index contributed by atoms with van der Waals surface area (Å²) in [4.78, 5) is 27.4. The lowest BCUT2D eigenvalue weighted by molar-refractivity contribution is -0.121. The van der Waals surface area contributed by atoms with E-state index in [2.05, 4.69) is 39.6 Å². The fourth-order valence-corrected chi connectivity index (χ4v) is 4.10. The number of rotatable bonds is 5. The second kappa shape index (κ2) is 8.57. The Balaban J connectivity index is 1.42. The monoisotopic (exact) mass is 390 g/mol. The average molecular weight is 390 g/mol. The van der Waals surface area contributed by atoms with Gasteiger partial charge in [-0.2, -0.15) is 5.10 Å². The number of benzene rings is 2. The van der Waals surface area contributed by atoms with E-state index in [4.69, 9.17) is 0 Å². The van der Waals surface area contributed by atoms with Crippen LogP contribution in [0.1, 0.15) is 24.1 Å². The molecule has 1 unspecified atom stereocenters. The molecule has 0 saturated carbocycles. The summed E-state index contributed by atoms with van der Waals surface area (Å²) in [5, 5.41) is 8.86. The van der Waals surface area contributed by atoms with Crippen molar-refractivity contribution in [3.05, 3.63) is 76.2 Å². The lowest BCUT2D eigenvalue weighted by Gasteiger charge is -2.33. The number of nitrogens with one attached hydrogen (secondary N) is 1. The fourth-order valence-electron chi connectivity index (χ4n) is 4.10. The Bertz CT molecular complexity index is 1060. The van der Waals surface area contributed by atoms with Crippen molar-refractivity contribution in [2.75, 3.05) is 13.1 Å². The van der Waals surface area contributed by atoms with Crippen LogP contribution < -0.4 is 10.9 Å². The maximum atomic E-state index is 12.7. The number of hydrogen-bond acceptors (Lipinski definition) is 4. The van der Waals surface area contributed by atoms with Gasteiger partial charge < -0.3 is 5.32 Å². The lowest BCUT2D eigenvalue weighted by atomic mass is 10.0. The molecule has 0 radical (unpaired) electrons. The first-order valence-electron chi connectivity index (χ1n) is 10.1. The van der Waals surface area contributed by atoms with E-state index in [9.17, 15) is 9.59 Å². The van der Waals surface area contributed by atoms with E-state index in [0.29, 0.717) is 11.1 Å². The number of hydrogen-bond donors (Lipinski definition) is 1. The van der Waals surface area contributed by atoms with Gasteiger partial charge in [0, 0.05) is 31.6 Å². The van der Waals surface area contributed by atoms with Gasteiger partial charge in [0.2, 0.25) is 5.91 Å². The first kappa shape index (κ1) is 19.3. The average Bonchev–Trinajstić information content (AvgIpc) is 2.73. The second-order valence-electron chi connectivity index (χ2n) is 7.73. The zero-order chi connectivity index (χ0) is 20.2. The summed E-state index contributed by atoms with van der Waals surface area (Å²) in [6, 6.07) is 17.9. The molecule has 0 spiro atoms. The van der Waals surface area contributed by atoms with Crippen molar-refractivity contribution in [2.24, 2.45) is 7.05 Å². The van der Waals surface area contributed by atoms with E-state index < -0.39 is 0 Å². The zero-order valence-electron chi connectivity index (χ0n) is 16.7. The van der Waals surface area contributed by atoms with E-state index in [1.807, 2.05) is 24.3 Å². The summed E-state index contributed by atoms with van der Waals surface area (Å²) < 4.78 is 1.31. The Morgan fingerprint density at radius 3 is 2.62 bits per heavy atom. The third kappa shape index (κ3) is 4.54. The van der Waals surface area contributed by atoms with Crippen LogP contribution in [0.4, 0.5) is 0 Å². The number of aryl methyl sites for hydroxylation is 1. The summed E-state index contributed by atoms with van der Waals surface area (Å²) in [7, 11) is 1.62. The number of amides is 1. The fraction of sp³-hybridized carbons (Fsp3) is 0.348. The van der Waals surface area contributed by atoms with E-state index >= 15 is 0 Å². The highest BCUT2D eigenvalue weighted by Gasteiger charge is 2.22. The molecule has 4 rings (SSSR count). The molecule has 29 heavy (non-hydrogen) atoms. The molecule has 1 saturated heterocycles. The highest BCUT2D eigenvalue weighted by Crippen LogP contribution is 2.16. The summed E-state index contributed by atoms with van der Waals surface area (Å²) in [5.41, 5.74) is 1.78. The van der Waals surface area contributed by atoms with Crippen LogP contribution in [0.5, 0.6) is 0 Å². The predicted molar refractivity (Wildman–Crippen MR) is 114 cm³/mol. The van der Waals surface area contributed by atoms with Crippen molar-refractivity contribution in [1.82, 2.24) is 20.0 Å². The molecule has 1 N–H and O–H groups in total. The Hall–Kier alpha value is -2.99. The molecular formula is C23H26N4O2. The van der Waals surface area contributed by atoms with Crippen molar-refractivity contribution in [2.45, 2.75) is 31.8 Å². The first-order chi connectivity index (χ1) is 14.1. The van der Waals surface area contributed by atoms with Gasteiger partial charge in [-0.15, -0.1) is 0 Å². The quantitative estimate of drug-likeness (QED) is 0.726. The van der Waals surface area contributed by atoms with Crippen LogP contribution in [0.25, 0.3) is 10.8 Å². The molecule has 0 bridgehead atoms. The molecule has 2 aromatic carbocycles. The molecule has 1 amide bonds. The molecule has 6 nitrogen and oxygen atoms in total. The molecule has 1 atom stereocenters. The van der Waals surface area contributed by atoms with E-state index in [-0.39, 0.29) is 23.9 Å². The summed E-state index contributed by atoms with van der Waals surface area (Å²) in [5.74, 6) is -0.0483. The van der Waals surface area contributed by atoms with Gasteiger partial charge in [0.15, 0.2) is 0 Å². The largest absolute Gasteiger partial charge is 0.352 e. The van der Waals surface area contributed by atoms with Crippen molar-refractivity contribution in [1.29, 1.82) is 0 Å². The SMILES string of the molecule is Cn1nc(CC(=O)NC2CCCN(Cc3ccccc3)C2)c2ccccc2c1=O. The van der Waals surface area contributed by atoms with E-state index in [0.717, 1.165) is 37.9 Å². The molecule has 3 aromatic rings. The van der Waals surface area contributed by atoms with Gasteiger partial charge in [0.25, 0.3) is 5.56 Å². The van der Waals surface area contributed by atoms with Gasteiger partial charge in [-0.05, 0) is 31.0 Å². The Morgan fingerprint density at radius 1 is 1.10 bits per heavy atom. The normalized spacial score (nSPS) is 17.3. The van der Waals surface area contributed by atoms with E-state index in [1.54, 1.807) is 13.1 Å². The molecule has 2 heterocycles. The van der Waals surface area contributed by atoms with Crippen LogP contribution in [0, 0.1) is 0 Å². The van der Waals surface area contributed by atoms with Crippen molar-refractivity contribution in [3.8, 4) is 0 Å². The van der Waals surface area contributed by atoms with Gasteiger partial charge >= 0.3 is 0 Å². The molecule has 1 aromatic heterocycles. The maximum Gasteiger partial charge on any atom is 0.274 e. The number of likely N-dealkylation sites (tertiary alicyclic amines) is 1. The van der Waals surface area contributed by atoms with Crippen LogP contribution in [-0.2, 0) is 24.8 Å². The smallest absolute Gasteiger partial charge is 0.274 e. The Kier molecular flexibility index (Phi) is 5.71. The molecule has 1 aliphatic rings. The number of aromatic nitrogens is 2. The first-order valence-corrected chi connectivity index (χ1v) is 10.1. The Morgan fingerprint density at radius 2 is 1.83 bits per heavy atom. The summed E-state index contributed by atoms with van der Waals surface area (Å²) in [6.45, 7) is 2.80. The van der Waals surface area contributed by atoms with Gasteiger partial charge in [-0.1, -0.05) is 48.5 Å². The van der Waals surface area contributed by atoms with E-state index in [1.165, 1.54) is 10.2 Å². The minimum atomic E-state index is -0.145. The third-order valence-corrected chi connectivity index (χ3v) is 5.48. The van der Waals surface area contributed by atoms with Crippen LogP contribution in [0.2, 0.25) is 0 Å². The number of fused-ring (bicyclic) bond motifs is 1. The highest BCUT2D eigenvalue weighted by atomic mass is 16.2.